The average molecular weight is 784 g/mol. The zero-order valence-corrected chi connectivity index (χ0v) is 28.5. The topological polar surface area (TPSA) is 87.2 Å². The molecule has 3 aromatic rings. The number of sulfone groups is 1. The fourth-order valence-corrected chi connectivity index (χ4v) is 8.74. The summed E-state index contributed by atoms with van der Waals surface area (Å²) in [5, 5.41) is 0. The van der Waals surface area contributed by atoms with Crippen molar-refractivity contribution < 1.29 is 66.6 Å². The molecular weight excluding hydrogens is 752 g/mol. The molecule has 2 heterocycles. The number of carbonyl (C=O) groups excluding carboxylic acids is 2. The summed E-state index contributed by atoms with van der Waals surface area (Å²) in [6.07, 6.45) is -18.1. The Morgan fingerprint density at radius 3 is 1.81 bits per heavy atom. The highest BCUT2D eigenvalue weighted by molar-refractivity contribution is 7.92. The normalized spacial score (nSPS) is 19.1. The van der Waals surface area contributed by atoms with Crippen molar-refractivity contribution in [2.45, 2.75) is 53.7 Å². The molecule has 2 saturated heterocycles. The summed E-state index contributed by atoms with van der Waals surface area (Å²) in [5.41, 5.74) is -9.60. The average Bonchev–Trinajstić information content (AvgIpc) is 3.55. The summed E-state index contributed by atoms with van der Waals surface area (Å²) in [6, 6.07) is 8.00. The number of carbonyl (C=O) groups is 2. The first-order chi connectivity index (χ1) is 24.5. The summed E-state index contributed by atoms with van der Waals surface area (Å²) in [7, 11) is -4.67. The van der Waals surface area contributed by atoms with Gasteiger partial charge in [0.15, 0.2) is 9.84 Å². The standard InChI is InChI=1S/C34H31F10N3O5S/c1-22(48)45-16-18-46(19-17-45)29(49)47-15-14-30(21-47,53(50,51)27-12-10-26(35)11-13-27)24-6-8-25(9-7-24)31(33(39,40)41,34(42,43)44)52-20-23-4-2-3-5-28(23)32(36,37)38/h2-13H,14-21H2,1H3/t30-/m0/s1. The molecular formula is C34H31F10N3O5S. The second-order valence-electron chi connectivity index (χ2n) is 12.6. The molecule has 0 aromatic heterocycles. The van der Waals surface area contributed by atoms with Gasteiger partial charge in [-0.25, -0.2) is 17.6 Å². The lowest BCUT2D eigenvalue weighted by Gasteiger charge is -2.38. The lowest BCUT2D eigenvalue weighted by Crippen LogP contribution is -2.56. The first-order valence-electron chi connectivity index (χ1n) is 15.9. The summed E-state index contributed by atoms with van der Waals surface area (Å²) in [4.78, 5) is 28.9. The lowest BCUT2D eigenvalue weighted by molar-refractivity contribution is -0.392. The van der Waals surface area contributed by atoms with Gasteiger partial charge in [-0.15, -0.1) is 0 Å². The second-order valence-corrected chi connectivity index (χ2v) is 14.9. The molecule has 288 valence electrons. The Labute approximate surface area is 296 Å². The van der Waals surface area contributed by atoms with E-state index in [1.807, 2.05) is 0 Å². The van der Waals surface area contributed by atoms with E-state index in [-0.39, 0.29) is 50.6 Å². The van der Waals surface area contributed by atoms with Crippen LogP contribution in [0.5, 0.6) is 0 Å². The number of rotatable bonds is 7. The van der Waals surface area contributed by atoms with Crippen LogP contribution in [0.25, 0.3) is 0 Å². The number of hydrogen-bond acceptors (Lipinski definition) is 5. The number of benzene rings is 3. The van der Waals surface area contributed by atoms with E-state index in [9.17, 15) is 61.9 Å². The maximum atomic E-state index is 14.6. The number of hydrogen-bond donors (Lipinski definition) is 0. The highest BCUT2D eigenvalue weighted by atomic mass is 32.2. The molecule has 2 aliphatic heterocycles. The SMILES string of the molecule is CC(=O)N1CCN(C(=O)N2CC[C@](c3ccc(C(OCc4ccccc4C(F)(F)F)(C(F)(F)F)C(F)(F)F)cc3)(S(=O)(=O)c3ccc(F)cc3)C2)CC1. The van der Waals surface area contributed by atoms with Gasteiger partial charge in [0.05, 0.1) is 17.1 Å². The van der Waals surface area contributed by atoms with Crippen LogP contribution >= 0.6 is 0 Å². The van der Waals surface area contributed by atoms with E-state index in [0.717, 1.165) is 41.3 Å². The number of piperazine rings is 1. The largest absolute Gasteiger partial charge is 0.430 e. The molecule has 0 aliphatic carbocycles. The molecule has 1 atom stereocenters. The van der Waals surface area contributed by atoms with E-state index in [4.69, 9.17) is 0 Å². The number of ether oxygens (including phenoxy) is 1. The monoisotopic (exact) mass is 783 g/mol. The second kappa shape index (κ2) is 14.1. The Kier molecular flexibility index (Phi) is 10.6. The summed E-state index contributed by atoms with van der Waals surface area (Å²) >= 11 is 0. The minimum Gasteiger partial charge on any atom is -0.349 e. The van der Waals surface area contributed by atoms with E-state index in [0.29, 0.717) is 36.4 Å². The van der Waals surface area contributed by atoms with Gasteiger partial charge in [-0.05, 0) is 47.9 Å². The van der Waals surface area contributed by atoms with Crippen LogP contribution in [0.3, 0.4) is 0 Å². The van der Waals surface area contributed by atoms with Gasteiger partial charge in [-0.1, -0.05) is 42.5 Å². The van der Waals surface area contributed by atoms with E-state index in [1.54, 1.807) is 0 Å². The van der Waals surface area contributed by atoms with Crippen molar-refractivity contribution in [3.05, 3.63) is 101 Å². The molecule has 0 bridgehead atoms. The molecule has 19 heteroatoms. The van der Waals surface area contributed by atoms with Crippen molar-refractivity contribution in [3.63, 3.8) is 0 Å². The molecule has 0 saturated carbocycles. The molecule has 8 nitrogen and oxygen atoms in total. The molecule has 0 spiro atoms. The van der Waals surface area contributed by atoms with Crippen LogP contribution in [0.1, 0.15) is 35.6 Å². The maximum absolute atomic E-state index is 14.6. The van der Waals surface area contributed by atoms with Crippen LogP contribution in [0.4, 0.5) is 48.7 Å². The number of likely N-dealkylation sites (tertiary alicyclic amines) is 1. The minimum absolute atomic E-state index is 0.103. The van der Waals surface area contributed by atoms with Gasteiger partial charge < -0.3 is 19.4 Å². The van der Waals surface area contributed by atoms with Crippen LogP contribution in [0.2, 0.25) is 0 Å². The van der Waals surface area contributed by atoms with Crippen molar-refractivity contribution >= 4 is 21.8 Å². The zero-order chi connectivity index (χ0) is 39.2. The fourth-order valence-electron chi connectivity index (χ4n) is 6.66. The Balaban J connectivity index is 1.56. The molecule has 0 radical (unpaired) electrons. The molecule has 3 amide bonds. The van der Waals surface area contributed by atoms with E-state index in [2.05, 4.69) is 4.74 Å². The third-order valence-corrected chi connectivity index (χ3v) is 12.0. The first-order valence-corrected chi connectivity index (χ1v) is 17.4. The number of amides is 3. The van der Waals surface area contributed by atoms with Crippen LogP contribution in [-0.2, 0) is 42.5 Å². The molecule has 2 aliphatic rings. The van der Waals surface area contributed by atoms with Crippen molar-refractivity contribution in [1.82, 2.24) is 14.7 Å². The van der Waals surface area contributed by atoms with Crippen LogP contribution in [0.15, 0.2) is 77.7 Å². The van der Waals surface area contributed by atoms with Crippen molar-refractivity contribution in [3.8, 4) is 0 Å². The van der Waals surface area contributed by atoms with E-state index in [1.165, 1.54) is 16.7 Å². The number of nitrogens with zero attached hydrogens (tertiary/aromatic N) is 3. The Morgan fingerprint density at radius 2 is 1.28 bits per heavy atom. The van der Waals surface area contributed by atoms with Crippen molar-refractivity contribution in [1.29, 1.82) is 0 Å². The lowest BCUT2D eigenvalue weighted by atomic mass is 9.88. The smallest absolute Gasteiger partial charge is 0.349 e. The third-order valence-electron chi connectivity index (χ3n) is 9.52. The van der Waals surface area contributed by atoms with E-state index >= 15 is 0 Å². The number of alkyl halides is 9. The quantitative estimate of drug-likeness (QED) is 0.190. The highest BCUT2D eigenvalue weighted by Crippen LogP contribution is 2.54. The zero-order valence-electron chi connectivity index (χ0n) is 27.7. The fraction of sp³-hybridized carbons (Fsp3) is 0.412. The predicted molar refractivity (Wildman–Crippen MR) is 167 cm³/mol. The summed E-state index contributed by atoms with van der Waals surface area (Å²) in [6.45, 7) is -0.644. The van der Waals surface area contributed by atoms with Gasteiger partial charge in [0.25, 0.3) is 5.60 Å². The molecule has 3 aromatic carbocycles. The van der Waals surface area contributed by atoms with Gasteiger partial charge in [0, 0.05) is 51.8 Å². The van der Waals surface area contributed by atoms with Gasteiger partial charge in [0.2, 0.25) is 5.91 Å². The maximum Gasteiger partial charge on any atom is 0.430 e. The summed E-state index contributed by atoms with van der Waals surface area (Å²) in [5.74, 6) is -1.02. The summed E-state index contributed by atoms with van der Waals surface area (Å²) < 4.78 is 173. The molecule has 5 rings (SSSR count). The van der Waals surface area contributed by atoms with Crippen LogP contribution < -0.4 is 0 Å². The predicted octanol–water partition coefficient (Wildman–Crippen LogP) is 7.04. The van der Waals surface area contributed by atoms with Gasteiger partial charge >= 0.3 is 24.6 Å². The Bertz CT molecular complexity index is 1910. The van der Waals surface area contributed by atoms with Crippen LogP contribution in [0, 0.1) is 5.82 Å². The molecule has 53 heavy (non-hydrogen) atoms. The van der Waals surface area contributed by atoms with Gasteiger partial charge in [-0.3, -0.25) is 4.79 Å². The molecule has 2 fully saturated rings. The van der Waals surface area contributed by atoms with Gasteiger partial charge in [0.1, 0.15) is 10.6 Å². The van der Waals surface area contributed by atoms with Crippen molar-refractivity contribution in [2.24, 2.45) is 0 Å². The highest BCUT2D eigenvalue weighted by Gasteiger charge is 2.73. The number of halogens is 10. The Morgan fingerprint density at radius 1 is 0.736 bits per heavy atom. The molecule has 0 unspecified atom stereocenters. The first kappa shape index (κ1) is 39.8. The van der Waals surface area contributed by atoms with E-state index < -0.39 is 85.3 Å². The Hall–Kier alpha value is -4.39. The van der Waals surface area contributed by atoms with Crippen molar-refractivity contribution in [2.75, 3.05) is 39.3 Å². The van der Waals surface area contributed by atoms with Gasteiger partial charge in [-0.2, -0.15) is 39.5 Å². The third kappa shape index (κ3) is 7.28. The minimum atomic E-state index is -6.29. The van der Waals surface area contributed by atoms with Crippen LogP contribution in [-0.4, -0.2) is 86.7 Å². The molecule has 0 N–H and O–H groups in total. The number of urea groups is 1.